The van der Waals surface area contributed by atoms with Crippen molar-refractivity contribution < 1.29 is 0 Å². The molecule has 1 aromatic heterocycles. The van der Waals surface area contributed by atoms with Crippen LogP contribution in [0.15, 0.2) is 107 Å². The minimum Gasteiger partial charge on any atom is -0.249 e. The van der Waals surface area contributed by atoms with Gasteiger partial charge in [0.1, 0.15) is 6.33 Å². The number of hydrogen-bond donors (Lipinski definition) is 0. The van der Waals surface area contributed by atoms with Gasteiger partial charge in [0.05, 0.1) is 5.71 Å². The normalized spacial score (nSPS) is 14.9. The van der Waals surface area contributed by atoms with Crippen LogP contribution in [0.4, 0.5) is 0 Å². The maximum atomic E-state index is 5.28. The maximum absolute atomic E-state index is 5.28. The quantitative estimate of drug-likeness (QED) is 0.449. The molecule has 0 spiro atoms. The summed E-state index contributed by atoms with van der Waals surface area (Å²) in [7, 11) is 0. The lowest BCUT2D eigenvalue weighted by Crippen LogP contribution is -2.33. The molecule has 5 rings (SSSR count). The molecule has 0 N–H and O–H groups in total. The highest BCUT2D eigenvalue weighted by molar-refractivity contribution is 6.11. The molecule has 0 saturated carbocycles. The Morgan fingerprint density at radius 1 is 0.774 bits per heavy atom. The Morgan fingerprint density at radius 2 is 1.35 bits per heavy atom. The minimum absolute atomic E-state index is 0.611. The second kappa shape index (κ2) is 8.11. The number of hydrogen-bond acceptors (Lipinski definition) is 4. The van der Waals surface area contributed by atoms with E-state index in [9.17, 15) is 0 Å². The SMILES string of the molecule is CCCC1=NC(n2cnnc2-c2ccccc2)=NC1(c1ccccc1)c1ccccc1. The lowest BCUT2D eigenvalue weighted by atomic mass is 9.78. The first-order chi connectivity index (χ1) is 15.3. The van der Waals surface area contributed by atoms with Crippen LogP contribution in [0.1, 0.15) is 30.9 Å². The van der Waals surface area contributed by atoms with Crippen LogP contribution in [0.5, 0.6) is 0 Å². The van der Waals surface area contributed by atoms with Crippen LogP contribution in [-0.4, -0.2) is 26.4 Å². The van der Waals surface area contributed by atoms with E-state index in [1.54, 1.807) is 6.33 Å². The Labute approximate surface area is 181 Å². The molecule has 0 fully saturated rings. The molecule has 3 aromatic carbocycles. The highest BCUT2D eigenvalue weighted by Crippen LogP contribution is 2.40. The zero-order valence-corrected chi connectivity index (χ0v) is 17.4. The lowest BCUT2D eigenvalue weighted by Gasteiger charge is -2.29. The van der Waals surface area contributed by atoms with E-state index in [0.717, 1.165) is 41.1 Å². The summed E-state index contributed by atoms with van der Waals surface area (Å²) < 4.78 is 1.89. The van der Waals surface area contributed by atoms with Gasteiger partial charge in [-0.1, -0.05) is 104 Å². The molecule has 0 radical (unpaired) electrons. The molecule has 5 heteroatoms. The van der Waals surface area contributed by atoms with Gasteiger partial charge in [-0.3, -0.25) is 0 Å². The third-order valence-electron chi connectivity index (χ3n) is 5.59. The van der Waals surface area contributed by atoms with Crippen molar-refractivity contribution >= 4 is 11.7 Å². The fourth-order valence-corrected chi connectivity index (χ4v) is 4.18. The Balaban J connectivity index is 1.74. The molecular weight excluding hydrogens is 382 g/mol. The topological polar surface area (TPSA) is 55.4 Å². The summed E-state index contributed by atoms with van der Waals surface area (Å²) in [6.07, 6.45) is 3.52. The third-order valence-corrected chi connectivity index (χ3v) is 5.59. The average molecular weight is 406 g/mol. The molecular formula is C26H23N5. The van der Waals surface area contributed by atoms with Crippen LogP contribution in [0.3, 0.4) is 0 Å². The molecule has 0 bridgehead atoms. The largest absolute Gasteiger partial charge is 0.249 e. The van der Waals surface area contributed by atoms with Gasteiger partial charge in [0.25, 0.3) is 0 Å². The molecule has 0 aliphatic carbocycles. The Hall–Kier alpha value is -3.86. The van der Waals surface area contributed by atoms with Crippen molar-refractivity contribution in [3.8, 4) is 11.4 Å². The Morgan fingerprint density at radius 3 is 1.94 bits per heavy atom. The molecule has 4 aromatic rings. The van der Waals surface area contributed by atoms with Gasteiger partial charge in [0, 0.05) is 5.56 Å². The summed E-state index contributed by atoms with van der Waals surface area (Å²) in [4.78, 5) is 10.3. The summed E-state index contributed by atoms with van der Waals surface area (Å²) in [5.74, 6) is 1.34. The first kappa shape index (κ1) is 19.1. The predicted molar refractivity (Wildman–Crippen MR) is 124 cm³/mol. The number of rotatable bonds is 5. The molecule has 0 amide bonds. The van der Waals surface area contributed by atoms with Gasteiger partial charge >= 0.3 is 0 Å². The number of nitrogens with zero attached hydrogens (tertiary/aromatic N) is 5. The van der Waals surface area contributed by atoms with Crippen molar-refractivity contribution in [2.75, 3.05) is 0 Å². The highest BCUT2D eigenvalue weighted by atomic mass is 15.3. The summed E-state index contributed by atoms with van der Waals surface area (Å²) in [6, 6.07) is 30.9. The van der Waals surface area contributed by atoms with E-state index in [-0.39, 0.29) is 0 Å². The van der Waals surface area contributed by atoms with E-state index in [0.29, 0.717) is 5.96 Å². The summed E-state index contributed by atoms with van der Waals surface area (Å²) in [5.41, 5.74) is 3.57. The van der Waals surface area contributed by atoms with Gasteiger partial charge in [-0.25, -0.2) is 14.6 Å². The van der Waals surface area contributed by atoms with Crippen molar-refractivity contribution in [3.63, 3.8) is 0 Å². The molecule has 152 valence electrons. The van der Waals surface area contributed by atoms with Gasteiger partial charge < -0.3 is 0 Å². The van der Waals surface area contributed by atoms with Crippen LogP contribution in [0.25, 0.3) is 11.4 Å². The number of aromatic nitrogens is 3. The molecule has 1 aliphatic rings. The first-order valence-electron chi connectivity index (χ1n) is 10.6. The van der Waals surface area contributed by atoms with Crippen molar-refractivity contribution in [1.29, 1.82) is 0 Å². The zero-order valence-electron chi connectivity index (χ0n) is 17.4. The second-order valence-corrected chi connectivity index (χ2v) is 7.55. The van der Waals surface area contributed by atoms with E-state index in [2.05, 4.69) is 65.7 Å². The van der Waals surface area contributed by atoms with Crippen molar-refractivity contribution in [2.24, 2.45) is 9.98 Å². The monoisotopic (exact) mass is 405 g/mol. The molecule has 0 atom stereocenters. The van der Waals surface area contributed by atoms with Crippen LogP contribution >= 0.6 is 0 Å². The fourth-order valence-electron chi connectivity index (χ4n) is 4.18. The third kappa shape index (κ3) is 3.28. The van der Waals surface area contributed by atoms with Gasteiger partial charge in [0.15, 0.2) is 11.4 Å². The molecule has 2 heterocycles. The van der Waals surface area contributed by atoms with Gasteiger partial charge in [-0.2, -0.15) is 0 Å². The summed E-state index contributed by atoms with van der Waals surface area (Å²) in [5, 5.41) is 8.53. The van der Waals surface area contributed by atoms with Gasteiger partial charge in [-0.15, -0.1) is 10.2 Å². The highest BCUT2D eigenvalue weighted by Gasteiger charge is 2.43. The Kier molecular flexibility index (Phi) is 5.00. The van der Waals surface area contributed by atoms with E-state index in [4.69, 9.17) is 9.98 Å². The van der Waals surface area contributed by atoms with Crippen LogP contribution in [0.2, 0.25) is 0 Å². The van der Waals surface area contributed by atoms with Crippen LogP contribution < -0.4 is 0 Å². The average Bonchev–Trinajstić information content (AvgIpc) is 3.47. The standard InChI is InChI=1S/C26H23N5/c1-2-12-23-26(21-15-8-4-9-16-21,22-17-10-5-11-18-22)29-25(28-23)31-19-27-30-24(31)20-13-6-3-7-14-20/h3-11,13-19H,2,12H2,1H3. The van der Waals surface area contributed by atoms with E-state index in [1.807, 2.05) is 47.0 Å². The summed E-state index contributed by atoms with van der Waals surface area (Å²) >= 11 is 0. The molecule has 31 heavy (non-hydrogen) atoms. The van der Waals surface area contributed by atoms with Crippen LogP contribution in [0, 0.1) is 0 Å². The predicted octanol–water partition coefficient (Wildman–Crippen LogP) is 5.35. The van der Waals surface area contributed by atoms with Crippen molar-refractivity contribution in [3.05, 3.63) is 108 Å². The second-order valence-electron chi connectivity index (χ2n) is 7.55. The minimum atomic E-state index is -0.661. The van der Waals surface area contributed by atoms with Crippen molar-refractivity contribution in [2.45, 2.75) is 25.3 Å². The summed E-state index contributed by atoms with van der Waals surface area (Å²) in [6.45, 7) is 2.18. The van der Waals surface area contributed by atoms with Crippen molar-refractivity contribution in [1.82, 2.24) is 14.8 Å². The smallest absolute Gasteiger partial charge is 0.233 e. The molecule has 5 nitrogen and oxygen atoms in total. The van der Waals surface area contributed by atoms with E-state index < -0.39 is 5.54 Å². The lowest BCUT2D eigenvalue weighted by molar-refractivity contribution is 0.719. The van der Waals surface area contributed by atoms with Gasteiger partial charge in [-0.05, 0) is 17.5 Å². The van der Waals surface area contributed by atoms with Gasteiger partial charge in [0.2, 0.25) is 5.96 Å². The van der Waals surface area contributed by atoms with E-state index in [1.165, 1.54) is 0 Å². The Bertz CT molecular complexity index is 1190. The van der Waals surface area contributed by atoms with E-state index >= 15 is 0 Å². The number of benzene rings is 3. The number of aliphatic imine (C=N–C) groups is 2. The zero-order chi connectivity index (χ0) is 21.1. The van der Waals surface area contributed by atoms with Crippen LogP contribution in [-0.2, 0) is 5.54 Å². The first-order valence-corrected chi connectivity index (χ1v) is 10.6. The molecule has 1 aliphatic heterocycles. The molecule has 0 saturated heterocycles. The molecule has 0 unspecified atom stereocenters. The fraction of sp³-hybridized carbons (Fsp3) is 0.154. The maximum Gasteiger partial charge on any atom is 0.233 e.